The molecule has 0 saturated carbocycles. The van der Waals surface area contributed by atoms with E-state index >= 15 is 0 Å². The van der Waals surface area contributed by atoms with Crippen LogP contribution in [0.2, 0.25) is 5.02 Å². The average molecular weight is 382 g/mol. The molecule has 0 atom stereocenters. The molecule has 136 valence electrons. The zero-order valence-corrected chi connectivity index (χ0v) is 15.2. The number of benzene rings is 1. The van der Waals surface area contributed by atoms with E-state index in [1.807, 2.05) is 17.7 Å². The molecule has 7 nitrogen and oxygen atoms in total. The average Bonchev–Trinajstić information content (AvgIpc) is 3.00. The number of rotatable bonds is 3. The first-order valence-electron chi connectivity index (χ1n) is 8.40. The van der Waals surface area contributed by atoms with Gasteiger partial charge in [-0.1, -0.05) is 17.7 Å². The number of hydrogen-bond acceptors (Lipinski definition) is 4. The van der Waals surface area contributed by atoms with Crippen molar-refractivity contribution in [2.24, 2.45) is 7.05 Å². The topological polar surface area (TPSA) is 88.9 Å². The van der Waals surface area contributed by atoms with Crippen LogP contribution in [-0.2, 0) is 13.5 Å². The summed E-state index contributed by atoms with van der Waals surface area (Å²) in [5.41, 5.74) is 3.45. The zero-order valence-electron chi connectivity index (χ0n) is 14.5. The van der Waals surface area contributed by atoms with Gasteiger partial charge in [0.05, 0.1) is 17.0 Å². The van der Waals surface area contributed by atoms with Gasteiger partial charge in [0, 0.05) is 42.5 Å². The van der Waals surface area contributed by atoms with Gasteiger partial charge in [-0.3, -0.25) is 14.9 Å². The Balaban J connectivity index is 1.64. The van der Waals surface area contributed by atoms with E-state index in [2.05, 4.69) is 20.6 Å². The molecule has 0 aliphatic carbocycles. The van der Waals surface area contributed by atoms with Crippen molar-refractivity contribution < 1.29 is 9.59 Å². The number of aromatic nitrogens is 3. The summed E-state index contributed by atoms with van der Waals surface area (Å²) in [5, 5.41) is 5.99. The first-order valence-corrected chi connectivity index (χ1v) is 8.78. The molecule has 3 aromatic rings. The van der Waals surface area contributed by atoms with Crippen LogP contribution < -0.4 is 10.6 Å². The van der Waals surface area contributed by atoms with Gasteiger partial charge in [0.1, 0.15) is 0 Å². The van der Waals surface area contributed by atoms with Crippen molar-refractivity contribution in [3.63, 3.8) is 0 Å². The monoisotopic (exact) mass is 381 g/mol. The Kier molecular flexibility index (Phi) is 4.37. The van der Waals surface area contributed by atoms with Crippen LogP contribution in [0.25, 0.3) is 11.4 Å². The maximum atomic E-state index is 12.4. The second-order valence-electron chi connectivity index (χ2n) is 6.18. The third-order valence-electron chi connectivity index (χ3n) is 4.48. The van der Waals surface area contributed by atoms with Crippen molar-refractivity contribution in [1.82, 2.24) is 19.9 Å². The molecule has 2 aromatic heterocycles. The maximum Gasteiger partial charge on any atom is 0.258 e. The number of amides is 2. The SMILES string of the molecule is Cn1c(-c2ccnc(NC(=O)c3cccc(Cl)c3)n2)cc2c1CCNC2=O. The summed E-state index contributed by atoms with van der Waals surface area (Å²) in [6, 6.07) is 10.2. The van der Waals surface area contributed by atoms with Gasteiger partial charge in [-0.15, -0.1) is 0 Å². The van der Waals surface area contributed by atoms with E-state index in [4.69, 9.17) is 11.6 Å². The van der Waals surface area contributed by atoms with Crippen molar-refractivity contribution in [1.29, 1.82) is 0 Å². The molecule has 27 heavy (non-hydrogen) atoms. The molecule has 0 spiro atoms. The number of nitrogens with one attached hydrogen (secondary N) is 2. The van der Waals surface area contributed by atoms with E-state index in [9.17, 15) is 9.59 Å². The van der Waals surface area contributed by atoms with Crippen LogP contribution >= 0.6 is 11.6 Å². The van der Waals surface area contributed by atoms with E-state index in [1.54, 1.807) is 36.5 Å². The summed E-state index contributed by atoms with van der Waals surface area (Å²) in [6.45, 7) is 0.619. The maximum absolute atomic E-state index is 12.4. The van der Waals surface area contributed by atoms with E-state index in [0.29, 0.717) is 28.4 Å². The normalized spacial score (nSPS) is 13.0. The Labute approximate surface area is 160 Å². The number of carbonyl (C=O) groups is 2. The Morgan fingerprint density at radius 2 is 2.15 bits per heavy atom. The highest BCUT2D eigenvalue weighted by Gasteiger charge is 2.23. The van der Waals surface area contributed by atoms with Crippen LogP contribution in [0.3, 0.4) is 0 Å². The van der Waals surface area contributed by atoms with Crippen LogP contribution in [0.1, 0.15) is 26.4 Å². The van der Waals surface area contributed by atoms with Gasteiger partial charge < -0.3 is 9.88 Å². The zero-order chi connectivity index (χ0) is 19.0. The lowest BCUT2D eigenvalue weighted by atomic mass is 10.1. The molecule has 4 rings (SSSR count). The third kappa shape index (κ3) is 3.29. The van der Waals surface area contributed by atoms with Gasteiger partial charge in [0.2, 0.25) is 5.95 Å². The lowest BCUT2D eigenvalue weighted by molar-refractivity contribution is 0.0944. The van der Waals surface area contributed by atoms with Crippen molar-refractivity contribution >= 4 is 29.4 Å². The first kappa shape index (κ1) is 17.2. The van der Waals surface area contributed by atoms with Gasteiger partial charge in [0.15, 0.2) is 0 Å². The fraction of sp³-hybridized carbons (Fsp3) is 0.158. The molecule has 2 amide bonds. The number of hydrogen-bond donors (Lipinski definition) is 2. The number of nitrogens with zero attached hydrogens (tertiary/aromatic N) is 3. The quantitative estimate of drug-likeness (QED) is 0.730. The molecule has 2 N–H and O–H groups in total. The van der Waals surface area contributed by atoms with Gasteiger partial charge in [-0.2, -0.15) is 0 Å². The second-order valence-corrected chi connectivity index (χ2v) is 6.62. The Morgan fingerprint density at radius 1 is 1.30 bits per heavy atom. The highest BCUT2D eigenvalue weighted by molar-refractivity contribution is 6.31. The minimum absolute atomic E-state index is 0.0818. The first-order chi connectivity index (χ1) is 13.0. The van der Waals surface area contributed by atoms with Crippen LogP contribution in [0.15, 0.2) is 42.6 Å². The fourth-order valence-electron chi connectivity index (χ4n) is 3.14. The lowest BCUT2D eigenvalue weighted by Crippen LogP contribution is -2.31. The van der Waals surface area contributed by atoms with E-state index in [0.717, 1.165) is 17.8 Å². The number of anilines is 1. The molecule has 3 heterocycles. The summed E-state index contributed by atoms with van der Waals surface area (Å²) in [5.74, 6) is -0.247. The van der Waals surface area contributed by atoms with Crippen molar-refractivity contribution in [2.75, 3.05) is 11.9 Å². The molecule has 1 aromatic carbocycles. The van der Waals surface area contributed by atoms with E-state index in [-0.39, 0.29) is 17.8 Å². The Morgan fingerprint density at radius 3 is 2.93 bits per heavy atom. The second kappa shape index (κ2) is 6.85. The molecule has 0 unspecified atom stereocenters. The molecule has 0 radical (unpaired) electrons. The van der Waals surface area contributed by atoms with Crippen LogP contribution in [0, 0.1) is 0 Å². The molecule has 8 heteroatoms. The predicted octanol–water partition coefficient (Wildman–Crippen LogP) is 2.67. The minimum Gasteiger partial charge on any atom is -0.352 e. The van der Waals surface area contributed by atoms with E-state index < -0.39 is 0 Å². The van der Waals surface area contributed by atoms with Crippen LogP contribution in [0.5, 0.6) is 0 Å². The summed E-state index contributed by atoms with van der Waals surface area (Å²) in [6.07, 6.45) is 2.34. The van der Waals surface area contributed by atoms with Gasteiger partial charge >= 0.3 is 0 Å². The van der Waals surface area contributed by atoms with Crippen LogP contribution in [-0.4, -0.2) is 32.9 Å². The molecule has 0 fully saturated rings. The molecule has 0 saturated heterocycles. The van der Waals surface area contributed by atoms with Gasteiger partial charge in [0.25, 0.3) is 11.8 Å². The molecule has 1 aliphatic rings. The summed E-state index contributed by atoms with van der Waals surface area (Å²) < 4.78 is 1.96. The number of carbonyl (C=O) groups excluding carboxylic acids is 2. The summed E-state index contributed by atoms with van der Waals surface area (Å²) >= 11 is 5.93. The van der Waals surface area contributed by atoms with Crippen molar-refractivity contribution in [2.45, 2.75) is 6.42 Å². The highest BCUT2D eigenvalue weighted by Crippen LogP contribution is 2.26. The predicted molar refractivity (Wildman–Crippen MR) is 102 cm³/mol. The summed E-state index contributed by atoms with van der Waals surface area (Å²) in [7, 11) is 1.90. The Bertz CT molecular complexity index is 1060. The third-order valence-corrected chi connectivity index (χ3v) is 4.72. The van der Waals surface area contributed by atoms with E-state index in [1.165, 1.54) is 0 Å². The fourth-order valence-corrected chi connectivity index (χ4v) is 3.33. The Hall–Kier alpha value is -3.19. The minimum atomic E-state index is -0.347. The molecule has 0 bridgehead atoms. The van der Waals surface area contributed by atoms with Crippen molar-refractivity contribution in [3.05, 3.63) is 64.4 Å². The lowest BCUT2D eigenvalue weighted by Gasteiger charge is -2.14. The van der Waals surface area contributed by atoms with Crippen LogP contribution in [0.4, 0.5) is 5.95 Å². The molecular formula is C19H16ClN5O2. The highest BCUT2D eigenvalue weighted by atomic mass is 35.5. The smallest absolute Gasteiger partial charge is 0.258 e. The number of halogens is 1. The van der Waals surface area contributed by atoms with Gasteiger partial charge in [-0.05, 0) is 30.3 Å². The standard InChI is InChI=1S/C19H16ClN5O2/c1-25-15-6-8-21-18(27)13(15)10-16(25)14-5-7-22-19(23-14)24-17(26)11-3-2-4-12(20)9-11/h2-5,7,9-10H,6,8H2,1H3,(H,21,27)(H,22,23,24,26). The molecular weight excluding hydrogens is 366 g/mol. The number of fused-ring (bicyclic) bond motifs is 1. The van der Waals surface area contributed by atoms with Gasteiger partial charge in [-0.25, -0.2) is 9.97 Å². The van der Waals surface area contributed by atoms with Crippen molar-refractivity contribution in [3.8, 4) is 11.4 Å². The largest absolute Gasteiger partial charge is 0.352 e. The molecule has 1 aliphatic heterocycles. The summed E-state index contributed by atoms with van der Waals surface area (Å²) in [4.78, 5) is 33.0.